The van der Waals surface area contributed by atoms with E-state index in [2.05, 4.69) is 25.3 Å². The van der Waals surface area contributed by atoms with Gasteiger partial charge < -0.3 is 16.4 Å². The minimum Gasteiger partial charge on any atom is -0.368 e. The van der Waals surface area contributed by atoms with Gasteiger partial charge in [0.2, 0.25) is 5.95 Å². The Labute approximate surface area is 189 Å². The molecule has 0 aliphatic rings. The highest BCUT2D eigenvalue weighted by Crippen LogP contribution is 2.29. The van der Waals surface area contributed by atoms with E-state index >= 15 is 0 Å². The lowest BCUT2D eigenvalue weighted by Crippen LogP contribution is -2.31. The Hall–Kier alpha value is -3.08. The number of nitrogens with two attached hydrogens (primary N) is 1. The smallest absolute Gasteiger partial charge is 0.319 e. The van der Waals surface area contributed by atoms with Gasteiger partial charge in [0.15, 0.2) is 0 Å². The van der Waals surface area contributed by atoms with E-state index in [1.54, 1.807) is 25.1 Å². The first-order chi connectivity index (χ1) is 14.7. The van der Waals surface area contributed by atoms with Crippen molar-refractivity contribution in [1.29, 1.82) is 0 Å². The summed E-state index contributed by atoms with van der Waals surface area (Å²) in [5, 5.41) is 6.14. The number of benzene rings is 2. The molecule has 9 nitrogen and oxygen atoms in total. The average Bonchev–Trinajstić information content (AvgIpc) is 2.72. The van der Waals surface area contributed by atoms with E-state index in [0.29, 0.717) is 21.3 Å². The monoisotopic (exact) mass is 480 g/mol. The number of hydrogen-bond acceptors (Lipinski definition) is 6. The summed E-state index contributed by atoms with van der Waals surface area (Å²) in [5.74, 6) is 0.0311. The molecule has 1 unspecified atom stereocenters. The van der Waals surface area contributed by atoms with Crippen molar-refractivity contribution in [3.8, 4) is 0 Å². The van der Waals surface area contributed by atoms with Crippen molar-refractivity contribution in [2.24, 2.45) is 0 Å². The summed E-state index contributed by atoms with van der Waals surface area (Å²) in [6, 6.07) is 9.90. The zero-order valence-corrected chi connectivity index (χ0v) is 18.5. The molecule has 3 rings (SSSR count). The second-order valence-corrected chi connectivity index (χ2v) is 8.89. The van der Waals surface area contributed by atoms with Gasteiger partial charge in [-0.2, -0.15) is 0 Å². The van der Waals surface area contributed by atoms with Crippen molar-refractivity contribution >= 4 is 56.6 Å². The molecule has 1 aromatic heterocycles. The molecule has 0 radical (unpaired) electrons. The maximum Gasteiger partial charge on any atom is 0.319 e. The fraction of sp³-hybridized carbons (Fsp3) is 0.105. The number of carbonyl (C=O) groups is 1. The molecule has 1 heterocycles. The van der Waals surface area contributed by atoms with Crippen LogP contribution < -0.4 is 21.1 Å². The average molecular weight is 481 g/mol. The Morgan fingerprint density at radius 2 is 1.68 bits per heavy atom. The molecule has 2 aromatic carbocycles. The molecule has 3 aromatic rings. The number of urea groups is 1. The zero-order valence-electron chi connectivity index (χ0n) is 16.1. The molecule has 0 saturated heterocycles. The lowest BCUT2D eigenvalue weighted by Gasteiger charge is -2.17. The maximum atomic E-state index is 12.5. The molecule has 0 saturated carbocycles. The first-order valence-electron chi connectivity index (χ1n) is 8.87. The van der Waals surface area contributed by atoms with Crippen molar-refractivity contribution in [3.05, 3.63) is 70.5 Å². The number of hydrogen-bond donors (Lipinski definition) is 4. The number of anilines is 3. The van der Waals surface area contributed by atoms with E-state index in [1.165, 1.54) is 36.7 Å². The van der Waals surface area contributed by atoms with Crippen LogP contribution in [0.15, 0.2) is 59.8 Å². The summed E-state index contributed by atoms with van der Waals surface area (Å²) in [7, 11) is -3.86. The molecule has 0 fully saturated rings. The van der Waals surface area contributed by atoms with E-state index in [9.17, 15) is 13.2 Å². The van der Waals surface area contributed by atoms with Crippen molar-refractivity contribution < 1.29 is 13.2 Å². The zero-order chi connectivity index (χ0) is 22.6. The minimum absolute atomic E-state index is 0.00522. The number of amides is 2. The van der Waals surface area contributed by atoms with Gasteiger partial charge in [-0.25, -0.2) is 23.2 Å². The Morgan fingerprint density at radius 3 is 2.32 bits per heavy atom. The van der Waals surface area contributed by atoms with Gasteiger partial charge in [-0.1, -0.05) is 35.3 Å². The quantitative estimate of drug-likeness (QED) is 0.419. The fourth-order valence-electron chi connectivity index (χ4n) is 2.62. The van der Waals surface area contributed by atoms with Crippen molar-refractivity contribution in [2.45, 2.75) is 17.9 Å². The van der Waals surface area contributed by atoms with E-state index in [0.717, 1.165) is 0 Å². The van der Waals surface area contributed by atoms with Crippen molar-refractivity contribution in [1.82, 2.24) is 15.3 Å². The van der Waals surface area contributed by atoms with E-state index in [-0.39, 0.29) is 16.5 Å². The minimum atomic E-state index is -3.86. The molecule has 0 spiro atoms. The molecular weight excluding hydrogens is 463 g/mol. The number of nitrogens with zero attached hydrogens (tertiary/aromatic N) is 2. The summed E-state index contributed by atoms with van der Waals surface area (Å²) in [6.45, 7) is 1.76. The summed E-state index contributed by atoms with van der Waals surface area (Å²) < 4.78 is 27.3. The van der Waals surface area contributed by atoms with Gasteiger partial charge in [-0.05, 0) is 42.8 Å². The fourth-order valence-corrected chi connectivity index (χ4v) is 4.12. The van der Waals surface area contributed by atoms with Gasteiger partial charge in [0, 0.05) is 5.69 Å². The number of nitrogen functional groups attached to an aromatic ring is 1. The number of halogens is 2. The number of sulfonamides is 1. The topological polar surface area (TPSA) is 139 Å². The predicted molar refractivity (Wildman–Crippen MR) is 121 cm³/mol. The van der Waals surface area contributed by atoms with Gasteiger partial charge in [-0.3, -0.25) is 4.72 Å². The molecular formula is C19H18Cl2N6O3S. The van der Waals surface area contributed by atoms with Gasteiger partial charge in [0.25, 0.3) is 10.0 Å². The highest BCUT2D eigenvalue weighted by Gasteiger charge is 2.16. The Kier molecular flexibility index (Phi) is 6.84. The third-order valence-corrected chi connectivity index (χ3v) is 6.37. The SMILES string of the molecule is CC(NC(=O)Nc1ccc(S(=O)(=O)Nc2cnc(N)nc2)cc1)c1cccc(Cl)c1Cl. The Bertz CT molecular complexity index is 1190. The van der Waals surface area contributed by atoms with Crippen LogP contribution in [0.1, 0.15) is 18.5 Å². The summed E-state index contributed by atoms with van der Waals surface area (Å²) in [4.78, 5) is 19.7. The van der Waals surface area contributed by atoms with Crippen LogP contribution in [0.25, 0.3) is 0 Å². The first kappa shape index (κ1) is 22.6. The van der Waals surface area contributed by atoms with Gasteiger partial charge in [0.05, 0.1) is 39.1 Å². The molecule has 162 valence electrons. The standard InChI is InChI=1S/C19H18Cl2N6O3S/c1-11(15-3-2-4-16(20)17(15)21)25-19(28)26-12-5-7-14(8-6-12)31(29,30)27-13-9-23-18(22)24-10-13/h2-11,27H,1H3,(H2,22,23,24)(H2,25,26,28). The van der Waals surface area contributed by atoms with Gasteiger partial charge in [-0.15, -0.1) is 0 Å². The highest BCUT2D eigenvalue weighted by molar-refractivity contribution is 7.92. The van der Waals surface area contributed by atoms with Crippen LogP contribution in [0, 0.1) is 0 Å². The molecule has 0 aliphatic carbocycles. The first-order valence-corrected chi connectivity index (χ1v) is 11.1. The Balaban J connectivity index is 1.63. The van der Waals surface area contributed by atoms with Crippen LogP contribution >= 0.6 is 23.2 Å². The van der Waals surface area contributed by atoms with E-state index < -0.39 is 22.1 Å². The molecule has 5 N–H and O–H groups in total. The summed E-state index contributed by atoms with van der Waals surface area (Å²) >= 11 is 12.2. The summed E-state index contributed by atoms with van der Waals surface area (Å²) in [5.41, 5.74) is 6.62. The van der Waals surface area contributed by atoms with Crippen LogP contribution in [0.4, 0.5) is 22.1 Å². The van der Waals surface area contributed by atoms with Crippen LogP contribution in [0.5, 0.6) is 0 Å². The molecule has 0 bridgehead atoms. The summed E-state index contributed by atoms with van der Waals surface area (Å²) in [6.07, 6.45) is 2.51. The van der Waals surface area contributed by atoms with E-state index in [4.69, 9.17) is 28.9 Å². The van der Waals surface area contributed by atoms with Crippen molar-refractivity contribution in [2.75, 3.05) is 15.8 Å². The van der Waals surface area contributed by atoms with Gasteiger partial charge in [0.1, 0.15) is 0 Å². The lowest BCUT2D eigenvalue weighted by molar-refractivity contribution is 0.249. The largest absolute Gasteiger partial charge is 0.368 e. The van der Waals surface area contributed by atoms with Crippen LogP contribution in [0.3, 0.4) is 0 Å². The van der Waals surface area contributed by atoms with Crippen molar-refractivity contribution in [3.63, 3.8) is 0 Å². The lowest BCUT2D eigenvalue weighted by atomic mass is 10.1. The highest BCUT2D eigenvalue weighted by atomic mass is 35.5. The van der Waals surface area contributed by atoms with Crippen LogP contribution in [-0.2, 0) is 10.0 Å². The predicted octanol–water partition coefficient (Wildman–Crippen LogP) is 4.05. The molecule has 0 aliphatic heterocycles. The number of carbonyl (C=O) groups excluding carboxylic acids is 1. The third-order valence-electron chi connectivity index (χ3n) is 4.14. The second kappa shape index (κ2) is 9.38. The number of nitrogens with one attached hydrogen (secondary N) is 3. The normalized spacial score (nSPS) is 12.1. The third kappa shape index (κ3) is 5.75. The molecule has 1 atom stereocenters. The maximum absolute atomic E-state index is 12.5. The molecule has 12 heteroatoms. The van der Waals surface area contributed by atoms with Crippen LogP contribution in [-0.4, -0.2) is 24.4 Å². The second-order valence-electron chi connectivity index (χ2n) is 6.42. The van der Waals surface area contributed by atoms with Gasteiger partial charge >= 0.3 is 6.03 Å². The molecule has 2 amide bonds. The Morgan fingerprint density at radius 1 is 1.03 bits per heavy atom. The van der Waals surface area contributed by atoms with Crippen LogP contribution in [0.2, 0.25) is 10.0 Å². The number of rotatable bonds is 6. The molecule has 31 heavy (non-hydrogen) atoms. The van der Waals surface area contributed by atoms with E-state index in [1.807, 2.05) is 0 Å². The number of aromatic nitrogens is 2.